The molecule has 1 saturated heterocycles. The Labute approximate surface area is 182 Å². The standard InChI is InChI=1S/C15H29NO9S.Na/c1-3-4-5-6-7-8-11(17)16-12-14(19)13(18)10(25-15(12)23-2)9-24-26(20,21)22;/h10,12-15,18-19H,3-9H2,1-2H3,(H,16,17)(H,20,21,22);/q;+1/p-1/t10-,12-,13-,14-,15?;/m1./s1. The fourth-order valence-corrected chi connectivity index (χ4v) is 2.96. The number of unbranched alkanes of at least 4 members (excludes halogenated alkanes) is 4. The molecule has 1 aliphatic heterocycles. The number of rotatable bonds is 11. The first-order chi connectivity index (χ1) is 12.2. The molecule has 10 nitrogen and oxygen atoms in total. The molecule has 0 aromatic carbocycles. The summed E-state index contributed by atoms with van der Waals surface area (Å²) in [6.45, 7) is 1.37. The van der Waals surface area contributed by atoms with E-state index in [0.29, 0.717) is 6.42 Å². The van der Waals surface area contributed by atoms with Gasteiger partial charge in [-0.05, 0) is 18.7 Å². The van der Waals surface area contributed by atoms with Gasteiger partial charge in [-0.25, -0.2) is 4.18 Å². The minimum absolute atomic E-state index is 0. The van der Waals surface area contributed by atoms with Gasteiger partial charge < -0.3 is 24.8 Å². The molecule has 0 aromatic heterocycles. The number of aliphatic hydroxyl groups excluding tert-OH is 2. The van der Waals surface area contributed by atoms with Crippen molar-refractivity contribution in [3.05, 3.63) is 0 Å². The van der Waals surface area contributed by atoms with Crippen molar-refractivity contribution in [2.45, 2.75) is 76.1 Å². The summed E-state index contributed by atoms with van der Waals surface area (Å²) in [6, 6.07) is -1.15. The van der Waals surface area contributed by atoms with Crippen LogP contribution >= 0.6 is 0 Å². The molecule has 0 bridgehead atoms. The fourth-order valence-electron chi connectivity index (χ4n) is 2.65. The van der Waals surface area contributed by atoms with Crippen molar-refractivity contribution < 1.29 is 71.5 Å². The molecule has 1 rings (SSSR count). The zero-order valence-corrected chi connectivity index (χ0v) is 18.8. The van der Waals surface area contributed by atoms with Gasteiger partial charge in [0.2, 0.25) is 0 Å². The molecule has 1 aliphatic rings. The fraction of sp³-hybridized carbons (Fsp3) is 0.933. The third kappa shape index (κ3) is 9.97. The van der Waals surface area contributed by atoms with Crippen molar-refractivity contribution in [3.8, 4) is 0 Å². The maximum absolute atomic E-state index is 12.0. The van der Waals surface area contributed by atoms with Gasteiger partial charge in [0.25, 0.3) is 0 Å². The summed E-state index contributed by atoms with van der Waals surface area (Å²) in [5.41, 5.74) is 0. The molecule has 0 amide bonds. The number of nitrogens with zero attached hydrogens (tertiary/aromatic N) is 1. The minimum Gasteiger partial charge on any atom is -0.862 e. The van der Waals surface area contributed by atoms with E-state index in [2.05, 4.69) is 16.1 Å². The Morgan fingerprint density at radius 3 is 2.37 bits per heavy atom. The number of methoxy groups -OCH3 is 1. The van der Waals surface area contributed by atoms with E-state index in [4.69, 9.17) is 14.0 Å². The second-order valence-electron chi connectivity index (χ2n) is 6.15. The number of aliphatic hydroxyl groups is 2. The summed E-state index contributed by atoms with van der Waals surface area (Å²) in [5, 5.41) is 32.2. The molecule has 0 aliphatic carbocycles. The first-order valence-electron chi connectivity index (χ1n) is 8.59. The van der Waals surface area contributed by atoms with E-state index >= 15 is 0 Å². The van der Waals surface area contributed by atoms with Crippen LogP contribution in [-0.2, 0) is 24.1 Å². The van der Waals surface area contributed by atoms with Gasteiger partial charge in [0, 0.05) is 7.11 Å². The molecule has 0 saturated carbocycles. The van der Waals surface area contributed by atoms with Gasteiger partial charge in [-0.2, -0.15) is 8.42 Å². The Balaban J connectivity index is 0.00000676. The summed E-state index contributed by atoms with van der Waals surface area (Å²) in [4.78, 5) is 3.87. The molecule has 154 valence electrons. The van der Waals surface area contributed by atoms with Gasteiger partial charge in [-0.15, -0.1) is 0 Å². The Bertz CT molecular complexity index is 543. The zero-order chi connectivity index (χ0) is 19.7. The van der Waals surface area contributed by atoms with Crippen molar-refractivity contribution in [2.75, 3.05) is 13.7 Å². The Hall–Kier alpha value is 0.180. The van der Waals surface area contributed by atoms with Crippen LogP contribution in [0.5, 0.6) is 0 Å². The van der Waals surface area contributed by atoms with Crippen LogP contribution in [0.2, 0.25) is 0 Å². The topological polar surface area (TPSA) is 158 Å². The van der Waals surface area contributed by atoms with E-state index in [1.807, 2.05) is 0 Å². The molecule has 1 unspecified atom stereocenters. The van der Waals surface area contributed by atoms with Crippen molar-refractivity contribution in [2.24, 2.45) is 4.99 Å². The average molecular weight is 421 g/mol. The quantitative estimate of drug-likeness (QED) is 0.101. The van der Waals surface area contributed by atoms with E-state index < -0.39 is 53.5 Å². The van der Waals surface area contributed by atoms with Crippen molar-refractivity contribution in [1.29, 1.82) is 0 Å². The predicted molar refractivity (Wildman–Crippen MR) is 89.8 cm³/mol. The average Bonchev–Trinajstić information content (AvgIpc) is 2.57. The number of ether oxygens (including phenoxy) is 2. The number of hydrogen-bond acceptors (Lipinski definition) is 9. The van der Waals surface area contributed by atoms with Crippen LogP contribution in [0.4, 0.5) is 0 Å². The molecule has 0 spiro atoms. The first kappa shape index (κ1) is 27.2. The number of hydrogen-bond donors (Lipinski definition) is 3. The maximum Gasteiger partial charge on any atom is 1.00 e. The molecule has 0 radical (unpaired) electrons. The zero-order valence-electron chi connectivity index (χ0n) is 16.0. The van der Waals surface area contributed by atoms with Crippen LogP contribution in [-0.4, -0.2) is 73.4 Å². The second kappa shape index (κ2) is 13.4. The van der Waals surface area contributed by atoms with Crippen LogP contribution in [0.25, 0.3) is 0 Å². The Morgan fingerprint density at radius 1 is 1.19 bits per heavy atom. The van der Waals surface area contributed by atoms with Crippen LogP contribution in [0.15, 0.2) is 4.99 Å². The second-order valence-corrected chi connectivity index (χ2v) is 7.24. The summed E-state index contributed by atoms with van der Waals surface area (Å²) in [5.74, 6) is -0.434. The molecule has 27 heavy (non-hydrogen) atoms. The van der Waals surface area contributed by atoms with E-state index in [-0.39, 0.29) is 36.0 Å². The van der Waals surface area contributed by atoms with Crippen LogP contribution in [0, 0.1) is 0 Å². The van der Waals surface area contributed by atoms with E-state index in [1.54, 1.807) is 0 Å². The van der Waals surface area contributed by atoms with Crippen molar-refractivity contribution >= 4 is 16.3 Å². The van der Waals surface area contributed by atoms with Gasteiger partial charge >= 0.3 is 40.0 Å². The molecule has 3 N–H and O–H groups in total. The normalized spacial score (nSPS) is 29.4. The molecular formula is C15H28NNaO9S. The first-order valence-corrected chi connectivity index (χ1v) is 9.96. The summed E-state index contributed by atoms with van der Waals surface area (Å²) in [7, 11) is -3.47. The van der Waals surface area contributed by atoms with E-state index in [0.717, 1.165) is 25.7 Å². The molecular weight excluding hydrogens is 393 g/mol. The third-order valence-corrected chi connectivity index (χ3v) is 4.50. The monoisotopic (exact) mass is 421 g/mol. The van der Waals surface area contributed by atoms with Crippen LogP contribution in [0.1, 0.15) is 45.4 Å². The SMILES string of the molecule is CCCCCCCC([O-])=N[C@H]1C(OC)O[C@H](COS(=O)(=O)O)[C@@H](O)[C@@H]1O.[Na+]. The smallest absolute Gasteiger partial charge is 0.862 e. The third-order valence-electron chi connectivity index (χ3n) is 4.07. The molecule has 12 heteroatoms. The van der Waals surface area contributed by atoms with Gasteiger partial charge in [0.05, 0.1) is 6.61 Å². The molecule has 1 heterocycles. The van der Waals surface area contributed by atoms with Crippen LogP contribution < -0.4 is 34.7 Å². The van der Waals surface area contributed by atoms with Gasteiger partial charge in [0.1, 0.15) is 24.4 Å². The largest absolute Gasteiger partial charge is 1.00 e. The van der Waals surface area contributed by atoms with Gasteiger partial charge in [0.15, 0.2) is 6.29 Å². The molecule has 0 aromatic rings. The maximum atomic E-state index is 12.0. The Morgan fingerprint density at radius 2 is 1.81 bits per heavy atom. The summed E-state index contributed by atoms with van der Waals surface area (Å²) in [6.07, 6.45) is -0.517. The van der Waals surface area contributed by atoms with E-state index in [9.17, 15) is 23.7 Å². The van der Waals surface area contributed by atoms with E-state index in [1.165, 1.54) is 7.11 Å². The predicted octanol–water partition coefficient (Wildman–Crippen LogP) is -3.61. The summed E-state index contributed by atoms with van der Waals surface area (Å²) < 4.78 is 44.3. The van der Waals surface area contributed by atoms with Gasteiger partial charge in [-0.3, -0.25) is 9.55 Å². The molecule has 1 fully saturated rings. The molecule has 5 atom stereocenters. The minimum atomic E-state index is -4.73. The van der Waals surface area contributed by atoms with Crippen molar-refractivity contribution in [3.63, 3.8) is 0 Å². The van der Waals surface area contributed by atoms with Gasteiger partial charge in [-0.1, -0.05) is 32.6 Å². The number of aliphatic imine (C=N–C) groups is 1. The van der Waals surface area contributed by atoms with Crippen LogP contribution in [0.3, 0.4) is 0 Å². The van der Waals surface area contributed by atoms with Crippen molar-refractivity contribution in [1.82, 2.24) is 0 Å². The Kier molecular flexibility index (Phi) is 13.5. The summed E-state index contributed by atoms with van der Waals surface area (Å²) >= 11 is 0.